The van der Waals surface area contributed by atoms with Crippen LogP contribution in [0.25, 0.3) is 0 Å². The Hall–Kier alpha value is -1.85. The third-order valence-electron chi connectivity index (χ3n) is 1.51. The quantitative estimate of drug-likeness (QED) is 0.724. The van der Waals surface area contributed by atoms with Crippen LogP contribution in [0, 0.1) is 0 Å². The van der Waals surface area contributed by atoms with Gasteiger partial charge in [0.05, 0.1) is 12.6 Å². The molecule has 1 rings (SSSR count). The number of carbonyl (C=O) groups is 2. The highest BCUT2D eigenvalue weighted by molar-refractivity contribution is 5.91. The molecule has 1 unspecified atom stereocenters. The van der Waals surface area contributed by atoms with Gasteiger partial charge in [0, 0.05) is 6.04 Å². The van der Waals surface area contributed by atoms with Gasteiger partial charge in [-0.25, -0.2) is 4.98 Å². The zero-order chi connectivity index (χ0) is 10.6. The van der Waals surface area contributed by atoms with Crippen molar-refractivity contribution in [3.05, 3.63) is 18.4 Å². The van der Waals surface area contributed by atoms with Crippen molar-refractivity contribution >= 4 is 11.9 Å². The van der Waals surface area contributed by atoms with E-state index in [4.69, 9.17) is 9.52 Å². The van der Waals surface area contributed by atoms with E-state index in [1.807, 2.05) is 0 Å². The number of carboxylic acid groups (broad SMARTS) is 1. The molecule has 0 saturated carbocycles. The highest BCUT2D eigenvalue weighted by atomic mass is 16.4. The molecule has 0 aliphatic carbocycles. The molecule has 1 heterocycles. The predicted octanol–water partition coefficient (Wildman–Crippen LogP) is 0.268. The first-order chi connectivity index (χ1) is 6.59. The summed E-state index contributed by atoms with van der Waals surface area (Å²) in [5.41, 5.74) is 0. The van der Waals surface area contributed by atoms with Crippen LogP contribution in [0.3, 0.4) is 0 Å². The maximum Gasteiger partial charge on any atom is 0.305 e. The van der Waals surface area contributed by atoms with Crippen molar-refractivity contribution in [2.75, 3.05) is 0 Å². The molecular weight excluding hydrogens is 188 g/mol. The van der Waals surface area contributed by atoms with E-state index >= 15 is 0 Å². The molecule has 0 spiro atoms. The Morgan fingerprint density at radius 1 is 1.71 bits per heavy atom. The van der Waals surface area contributed by atoms with Gasteiger partial charge in [0.15, 0.2) is 6.39 Å². The number of aromatic nitrogens is 1. The first kappa shape index (κ1) is 10.2. The van der Waals surface area contributed by atoms with Crippen LogP contribution in [0.5, 0.6) is 0 Å². The number of oxazole rings is 1. The Bertz CT molecular complexity index is 320. The summed E-state index contributed by atoms with van der Waals surface area (Å²) in [5, 5.41) is 10.9. The summed E-state index contributed by atoms with van der Waals surface area (Å²) in [6.45, 7) is 1.60. The van der Waals surface area contributed by atoms with Crippen LogP contribution in [-0.4, -0.2) is 28.0 Å². The van der Waals surface area contributed by atoms with Crippen LogP contribution in [0.2, 0.25) is 0 Å². The molecule has 0 aliphatic rings. The van der Waals surface area contributed by atoms with Gasteiger partial charge in [0.25, 0.3) is 5.91 Å². The van der Waals surface area contributed by atoms with Crippen molar-refractivity contribution in [2.24, 2.45) is 0 Å². The van der Waals surface area contributed by atoms with Gasteiger partial charge < -0.3 is 14.8 Å². The minimum atomic E-state index is -0.963. The lowest BCUT2D eigenvalue weighted by Gasteiger charge is -2.09. The van der Waals surface area contributed by atoms with E-state index in [1.165, 1.54) is 6.20 Å². The molecule has 0 bridgehead atoms. The van der Waals surface area contributed by atoms with Crippen LogP contribution < -0.4 is 5.32 Å². The average Bonchev–Trinajstić information content (AvgIpc) is 2.53. The van der Waals surface area contributed by atoms with Crippen LogP contribution in [0.4, 0.5) is 0 Å². The summed E-state index contributed by atoms with van der Waals surface area (Å²) in [4.78, 5) is 25.1. The number of carboxylic acids is 1. The van der Waals surface area contributed by atoms with Crippen LogP contribution >= 0.6 is 0 Å². The molecule has 1 atom stereocenters. The molecule has 6 heteroatoms. The smallest absolute Gasteiger partial charge is 0.305 e. The number of carbonyl (C=O) groups excluding carboxylic acids is 1. The van der Waals surface area contributed by atoms with E-state index in [-0.39, 0.29) is 12.2 Å². The van der Waals surface area contributed by atoms with Gasteiger partial charge in [-0.2, -0.15) is 0 Å². The average molecular weight is 198 g/mol. The second kappa shape index (κ2) is 4.40. The fourth-order valence-corrected chi connectivity index (χ4v) is 0.936. The van der Waals surface area contributed by atoms with Crippen molar-refractivity contribution in [1.82, 2.24) is 10.3 Å². The van der Waals surface area contributed by atoms with Crippen LogP contribution in [0.15, 0.2) is 17.0 Å². The number of aliphatic carboxylic acids is 1. The first-order valence-electron chi connectivity index (χ1n) is 4.00. The molecule has 6 nitrogen and oxygen atoms in total. The van der Waals surface area contributed by atoms with Gasteiger partial charge in [-0.05, 0) is 6.92 Å². The largest absolute Gasteiger partial charge is 0.481 e. The van der Waals surface area contributed by atoms with E-state index in [1.54, 1.807) is 6.92 Å². The fraction of sp³-hybridized carbons (Fsp3) is 0.375. The molecule has 0 aromatic carbocycles. The monoisotopic (exact) mass is 198 g/mol. The molecule has 0 radical (unpaired) electrons. The molecule has 1 amide bonds. The summed E-state index contributed by atoms with van der Waals surface area (Å²) < 4.78 is 4.73. The first-order valence-corrected chi connectivity index (χ1v) is 4.00. The highest BCUT2D eigenvalue weighted by Crippen LogP contribution is 1.98. The van der Waals surface area contributed by atoms with Gasteiger partial charge in [-0.3, -0.25) is 9.59 Å². The fourth-order valence-electron chi connectivity index (χ4n) is 0.936. The van der Waals surface area contributed by atoms with E-state index in [0.29, 0.717) is 0 Å². The van der Waals surface area contributed by atoms with Crippen molar-refractivity contribution in [3.8, 4) is 0 Å². The Morgan fingerprint density at radius 3 is 2.93 bits per heavy atom. The normalized spacial score (nSPS) is 12.1. The highest BCUT2D eigenvalue weighted by Gasteiger charge is 2.14. The second-order valence-corrected chi connectivity index (χ2v) is 2.84. The Labute approximate surface area is 79.9 Å². The van der Waals surface area contributed by atoms with Crippen molar-refractivity contribution in [2.45, 2.75) is 19.4 Å². The Morgan fingerprint density at radius 2 is 2.43 bits per heavy atom. The number of amides is 1. The van der Waals surface area contributed by atoms with Crippen LogP contribution in [0.1, 0.15) is 23.9 Å². The van der Waals surface area contributed by atoms with Gasteiger partial charge in [-0.15, -0.1) is 0 Å². The van der Waals surface area contributed by atoms with Gasteiger partial charge >= 0.3 is 5.97 Å². The number of nitrogens with one attached hydrogen (secondary N) is 1. The Kier molecular flexibility index (Phi) is 3.22. The third-order valence-corrected chi connectivity index (χ3v) is 1.51. The molecule has 0 fully saturated rings. The summed E-state index contributed by atoms with van der Waals surface area (Å²) in [5.74, 6) is -1.35. The number of hydrogen-bond acceptors (Lipinski definition) is 4. The second-order valence-electron chi connectivity index (χ2n) is 2.84. The number of hydrogen-bond donors (Lipinski definition) is 2. The lowest BCUT2D eigenvalue weighted by Crippen LogP contribution is -2.33. The SMILES string of the molecule is CC(CC(=O)O)NC(=O)c1cnco1. The van der Waals surface area contributed by atoms with Crippen molar-refractivity contribution in [3.63, 3.8) is 0 Å². The van der Waals surface area contributed by atoms with Crippen molar-refractivity contribution in [1.29, 1.82) is 0 Å². The maximum atomic E-state index is 11.3. The minimum Gasteiger partial charge on any atom is -0.481 e. The summed E-state index contributed by atoms with van der Waals surface area (Å²) in [7, 11) is 0. The Balaban J connectivity index is 2.45. The van der Waals surface area contributed by atoms with E-state index in [9.17, 15) is 9.59 Å². The van der Waals surface area contributed by atoms with E-state index in [2.05, 4.69) is 10.3 Å². The molecule has 1 aromatic rings. The summed E-state index contributed by atoms with van der Waals surface area (Å²) >= 11 is 0. The maximum absolute atomic E-state index is 11.3. The van der Waals surface area contributed by atoms with E-state index in [0.717, 1.165) is 6.39 Å². The van der Waals surface area contributed by atoms with Gasteiger partial charge in [0.1, 0.15) is 0 Å². The standard InChI is InChI=1S/C8H10N2O4/c1-5(2-7(11)12)10-8(13)6-3-9-4-14-6/h3-5H,2H2,1H3,(H,10,13)(H,11,12). The minimum absolute atomic E-state index is 0.0715. The third kappa shape index (κ3) is 2.89. The molecule has 76 valence electrons. The lowest BCUT2D eigenvalue weighted by atomic mass is 10.2. The molecule has 1 aromatic heterocycles. The van der Waals surface area contributed by atoms with Gasteiger partial charge in [-0.1, -0.05) is 0 Å². The number of rotatable bonds is 4. The molecular formula is C8H10N2O4. The molecule has 2 N–H and O–H groups in total. The topological polar surface area (TPSA) is 92.4 Å². The summed E-state index contributed by atoms with van der Waals surface area (Å²) in [6.07, 6.45) is 2.28. The van der Waals surface area contributed by atoms with Crippen LogP contribution in [-0.2, 0) is 4.79 Å². The van der Waals surface area contributed by atoms with E-state index < -0.39 is 17.9 Å². The molecule has 14 heavy (non-hydrogen) atoms. The zero-order valence-corrected chi connectivity index (χ0v) is 7.56. The summed E-state index contributed by atoms with van der Waals surface area (Å²) in [6, 6.07) is -0.440. The lowest BCUT2D eigenvalue weighted by molar-refractivity contribution is -0.137. The van der Waals surface area contributed by atoms with Gasteiger partial charge in [0.2, 0.25) is 5.76 Å². The molecule has 0 saturated heterocycles. The molecule has 0 aliphatic heterocycles. The van der Waals surface area contributed by atoms with Crippen molar-refractivity contribution < 1.29 is 19.1 Å². The number of nitrogens with zero attached hydrogens (tertiary/aromatic N) is 1. The predicted molar refractivity (Wildman–Crippen MR) is 45.7 cm³/mol. The zero-order valence-electron chi connectivity index (χ0n) is 7.56.